The van der Waals surface area contributed by atoms with Gasteiger partial charge >= 0.3 is 0 Å². The smallest absolute Gasteiger partial charge is 0.257 e. The molecule has 3 aliphatic rings. The first-order valence-electron chi connectivity index (χ1n) is 12.9. The highest BCUT2D eigenvalue weighted by molar-refractivity contribution is 6.04. The Hall–Kier alpha value is -3.01. The Kier molecular flexibility index (Phi) is 7.79. The second kappa shape index (κ2) is 11.4. The number of hydrogen-bond acceptors (Lipinski definition) is 7. The quantitative estimate of drug-likeness (QED) is 0.516. The lowest BCUT2D eigenvalue weighted by Gasteiger charge is -2.37. The van der Waals surface area contributed by atoms with Gasteiger partial charge in [0, 0.05) is 42.7 Å². The summed E-state index contributed by atoms with van der Waals surface area (Å²) in [7, 11) is 0. The third kappa shape index (κ3) is 5.69. The lowest BCUT2D eigenvalue weighted by atomic mass is 9.84. The van der Waals surface area contributed by atoms with Gasteiger partial charge in [-0.1, -0.05) is 6.42 Å². The van der Waals surface area contributed by atoms with Crippen molar-refractivity contribution in [3.63, 3.8) is 0 Å². The van der Waals surface area contributed by atoms with Crippen molar-refractivity contribution in [1.29, 1.82) is 0 Å². The van der Waals surface area contributed by atoms with E-state index in [0.717, 1.165) is 30.9 Å². The number of nitrogens with one attached hydrogen (secondary N) is 2. The molecule has 1 aromatic carbocycles. The minimum atomic E-state index is -0.518. The molecule has 36 heavy (non-hydrogen) atoms. The SMILES string of the molecule is O=C(C[C@@H]1C[C@H]2c3cc(NC(=O)c4cccnc4)ccc3O[C@H]2[C@@H](CO)O1)NCCN1CCCCC1. The molecule has 4 atom stereocenters. The van der Waals surface area contributed by atoms with Crippen LogP contribution in [0.4, 0.5) is 5.69 Å². The van der Waals surface area contributed by atoms with Crippen molar-refractivity contribution < 1.29 is 24.2 Å². The first-order chi connectivity index (χ1) is 17.6. The second-order valence-electron chi connectivity index (χ2n) is 9.81. The van der Waals surface area contributed by atoms with Crippen molar-refractivity contribution in [3.05, 3.63) is 53.9 Å². The van der Waals surface area contributed by atoms with Gasteiger partial charge in [0.25, 0.3) is 5.91 Å². The molecular formula is C27H34N4O5. The lowest BCUT2D eigenvalue weighted by Crippen LogP contribution is -2.47. The first-order valence-corrected chi connectivity index (χ1v) is 12.9. The molecule has 192 valence electrons. The number of fused-ring (bicyclic) bond motifs is 3. The number of amides is 2. The number of aliphatic hydroxyl groups excluding tert-OH is 1. The maximum absolute atomic E-state index is 12.6. The summed E-state index contributed by atoms with van der Waals surface area (Å²) in [6, 6.07) is 8.98. The van der Waals surface area contributed by atoms with Crippen LogP contribution in [0.25, 0.3) is 0 Å². The Bertz CT molecular complexity index is 1060. The third-order valence-corrected chi connectivity index (χ3v) is 7.29. The lowest BCUT2D eigenvalue weighted by molar-refractivity contribution is -0.142. The Morgan fingerprint density at radius 2 is 2.03 bits per heavy atom. The topological polar surface area (TPSA) is 113 Å². The molecule has 3 aliphatic heterocycles. The molecular weight excluding hydrogens is 460 g/mol. The van der Waals surface area contributed by atoms with Gasteiger partial charge < -0.3 is 30.1 Å². The largest absolute Gasteiger partial charge is 0.487 e. The summed E-state index contributed by atoms with van der Waals surface area (Å²) in [6.07, 6.45) is 6.58. The molecule has 9 heteroatoms. The van der Waals surface area contributed by atoms with Crippen molar-refractivity contribution in [2.75, 3.05) is 38.1 Å². The Labute approximate surface area is 211 Å². The molecule has 0 spiro atoms. The molecule has 5 rings (SSSR count). The Morgan fingerprint density at radius 1 is 1.17 bits per heavy atom. The van der Waals surface area contributed by atoms with Gasteiger partial charge in [0.1, 0.15) is 18.0 Å². The number of pyridine rings is 1. The molecule has 0 radical (unpaired) electrons. The zero-order valence-corrected chi connectivity index (χ0v) is 20.4. The highest BCUT2D eigenvalue weighted by Gasteiger charge is 2.46. The number of aromatic nitrogens is 1. The number of nitrogens with zero attached hydrogens (tertiary/aromatic N) is 2. The minimum absolute atomic E-state index is 0.0349. The summed E-state index contributed by atoms with van der Waals surface area (Å²) in [5.74, 6) is 0.409. The van der Waals surface area contributed by atoms with E-state index in [2.05, 4.69) is 20.5 Å². The molecule has 1 aromatic heterocycles. The molecule has 2 amide bonds. The molecule has 2 saturated heterocycles. The van der Waals surface area contributed by atoms with Gasteiger partial charge in [0.05, 0.1) is 24.7 Å². The summed E-state index contributed by atoms with van der Waals surface area (Å²) in [5, 5.41) is 15.9. The molecule has 3 N–H and O–H groups in total. The highest BCUT2D eigenvalue weighted by atomic mass is 16.6. The van der Waals surface area contributed by atoms with Crippen LogP contribution in [0.1, 0.15) is 53.9 Å². The number of hydrogen-bond donors (Lipinski definition) is 3. The van der Waals surface area contributed by atoms with Crippen LogP contribution in [-0.2, 0) is 9.53 Å². The number of likely N-dealkylation sites (tertiary alicyclic amines) is 1. The van der Waals surface area contributed by atoms with E-state index in [0.29, 0.717) is 24.2 Å². The fraction of sp³-hybridized carbons (Fsp3) is 0.519. The zero-order chi connectivity index (χ0) is 24.9. The van der Waals surface area contributed by atoms with Crippen LogP contribution in [-0.4, -0.2) is 77.9 Å². The zero-order valence-electron chi connectivity index (χ0n) is 20.4. The maximum atomic E-state index is 12.6. The van der Waals surface area contributed by atoms with E-state index < -0.39 is 6.10 Å². The van der Waals surface area contributed by atoms with Crippen molar-refractivity contribution in [1.82, 2.24) is 15.2 Å². The van der Waals surface area contributed by atoms with E-state index >= 15 is 0 Å². The van der Waals surface area contributed by atoms with Gasteiger partial charge in [0.2, 0.25) is 5.91 Å². The van der Waals surface area contributed by atoms with Crippen LogP contribution in [0.2, 0.25) is 0 Å². The number of benzene rings is 1. The van der Waals surface area contributed by atoms with Crippen LogP contribution >= 0.6 is 0 Å². The normalized spacial score (nSPS) is 25.4. The highest BCUT2D eigenvalue weighted by Crippen LogP contribution is 2.47. The number of aliphatic hydroxyl groups is 1. The molecule has 9 nitrogen and oxygen atoms in total. The number of carbonyl (C=O) groups is 2. The monoisotopic (exact) mass is 494 g/mol. The molecule has 0 bridgehead atoms. The number of ether oxygens (including phenoxy) is 2. The van der Waals surface area contributed by atoms with Crippen LogP contribution < -0.4 is 15.4 Å². The van der Waals surface area contributed by atoms with Gasteiger partial charge in [-0.05, 0) is 62.7 Å². The van der Waals surface area contributed by atoms with Gasteiger partial charge in [-0.2, -0.15) is 0 Å². The summed E-state index contributed by atoms with van der Waals surface area (Å²) in [4.78, 5) is 31.6. The van der Waals surface area contributed by atoms with Gasteiger partial charge in [-0.3, -0.25) is 14.6 Å². The van der Waals surface area contributed by atoms with Gasteiger partial charge in [-0.15, -0.1) is 0 Å². The van der Waals surface area contributed by atoms with Crippen molar-refractivity contribution in [3.8, 4) is 5.75 Å². The van der Waals surface area contributed by atoms with Crippen LogP contribution in [0.3, 0.4) is 0 Å². The van der Waals surface area contributed by atoms with E-state index in [1.54, 1.807) is 24.4 Å². The van der Waals surface area contributed by atoms with E-state index in [1.807, 2.05) is 12.1 Å². The fourth-order valence-electron chi connectivity index (χ4n) is 5.48. The Morgan fingerprint density at radius 3 is 2.81 bits per heavy atom. The number of rotatable bonds is 8. The average molecular weight is 495 g/mol. The maximum Gasteiger partial charge on any atom is 0.257 e. The summed E-state index contributed by atoms with van der Waals surface area (Å²) in [5.41, 5.74) is 2.09. The molecule has 2 fully saturated rings. The number of carbonyl (C=O) groups excluding carboxylic acids is 2. The Balaban J connectivity index is 1.20. The van der Waals surface area contributed by atoms with E-state index in [4.69, 9.17) is 9.47 Å². The molecule has 2 aromatic rings. The average Bonchev–Trinajstić information content (AvgIpc) is 3.27. The van der Waals surface area contributed by atoms with Gasteiger partial charge in [-0.25, -0.2) is 0 Å². The second-order valence-corrected chi connectivity index (χ2v) is 9.81. The van der Waals surface area contributed by atoms with Crippen LogP contribution in [0.15, 0.2) is 42.7 Å². The number of piperidine rings is 1. The van der Waals surface area contributed by atoms with Crippen molar-refractivity contribution >= 4 is 17.5 Å². The minimum Gasteiger partial charge on any atom is -0.487 e. The third-order valence-electron chi connectivity index (χ3n) is 7.29. The van der Waals surface area contributed by atoms with Crippen LogP contribution in [0.5, 0.6) is 5.75 Å². The fourth-order valence-corrected chi connectivity index (χ4v) is 5.48. The van der Waals surface area contributed by atoms with Crippen LogP contribution in [0, 0.1) is 0 Å². The van der Waals surface area contributed by atoms with Gasteiger partial charge in [0.15, 0.2) is 0 Å². The van der Waals surface area contributed by atoms with E-state index in [9.17, 15) is 14.7 Å². The summed E-state index contributed by atoms with van der Waals surface area (Å²) >= 11 is 0. The molecule has 0 unspecified atom stereocenters. The molecule has 0 saturated carbocycles. The summed E-state index contributed by atoms with van der Waals surface area (Å²) < 4.78 is 12.2. The predicted octanol–water partition coefficient (Wildman–Crippen LogP) is 2.32. The van der Waals surface area contributed by atoms with Crippen molar-refractivity contribution in [2.45, 2.75) is 56.3 Å². The van der Waals surface area contributed by atoms with E-state index in [-0.39, 0.29) is 43.0 Å². The number of anilines is 1. The standard InChI is InChI=1S/C27H34N4O5/c32-17-24-26-22(14-20(35-24)15-25(33)29-9-12-31-10-2-1-3-11-31)21-13-19(6-7-23(21)36-26)30-27(34)18-5-4-8-28-16-18/h4-8,13,16,20,22,24,26,32H,1-3,9-12,14-15,17H2,(H,29,33)(H,30,34)/t20-,22-,24+,26+/m0/s1. The predicted molar refractivity (Wildman–Crippen MR) is 134 cm³/mol. The van der Waals surface area contributed by atoms with E-state index in [1.165, 1.54) is 25.5 Å². The van der Waals surface area contributed by atoms with Crippen molar-refractivity contribution in [2.24, 2.45) is 0 Å². The first kappa shape index (κ1) is 24.7. The molecule has 4 heterocycles. The molecule has 0 aliphatic carbocycles. The summed E-state index contributed by atoms with van der Waals surface area (Å²) in [6.45, 7) is 3.52.